The molecule has 0 aliphatic rings. The zero-order chi connectivity index (χ0) is 15.1. The third-order valence-electron chi connectivity index (χ3n) is 2.72. The van der Waals surface area contributed by atoms with Crippen molar-refractivity contribution >= 4 is 6.02 Å². The first-order chi connectivity index (χ1) is 10.2. The largest absolute Gasteiger partial charge is 0.465 e. The van der Waals surface area contributed by atoms with Gasteiger partial charge in [0.05, 0.1) is 6.61 Å². The number of amidine groups is 1. The molecule has 0 spiro atoms. The predicted octanol–water partition coefficient (Wildman–Crippen LogP) is 2.52. The molecule has 0 radical (unpaired) electrons. The first-order valence-electron chi connectivity index (χ1n) is 6.41. The number of nitrogens with two attached hydrogens (primary N) is 1. The Balaban J connectivity index is 2.03. The number of halogens is 1. The van der Waals surface area contributed by atoms with Gasteiger partial charge in [0.15, 0.2) is 0 Å². The Hall–Kier alpha value is -2.63. The number of rotatable bonds is 5. The number of aromatic nitrogens is 1. The third kappa shape index (κ3) is 4.45. The van der Waals surface area contributed by atoms with Gasteiger partial charge >= 0.3 is 0 Å². The van der Waals surface area contributed by atoms with Gasteiger partial charge in [0.25, 0.3) is 6.02 Å². The van der Waals surface area contributed by atoms with Crippen molar-refractivity contribution in [3.8, 4) is 11.6 Å². The lowest BCUT2D eigenvalue weighted by Gasteiger charge is -2.09. The van der Waals surface area contributed by atoms with Gasteiger partial charge < -0.3 is 15.2 Å². The van der Waals surface area contributed by atoms with Gasteiger partial charge in [-0.25, -0.2) is 14.4 Å². The molecule has 1 aromatic heterocycles. The summed E-state index contributed by atoms with van der Waals surface area (Å²) in [6.07, 6.45) is 1.99. The van der Waals surface area contributed by atoms with E-state index in [-0.39, 0.29) is 18.4 Å². The summed E-state index contributed by atoms with van der Waals surface area (Å²) in [7, 11) is 1.53. The highest BCUT2D eigenvalue weighted by molar-refractivity contribution is 5.71. The smallest absolute Gasteiger partial charge is 0.281 e. The molecule has 0 unspecified atom stereocenters. The molecule has 21 heavy (non-hydrogen) atoms. The minimum Gasteiger partial charge on any atom is -0.465 e. The van der Waals surface area contributed by atoms with Crippen LogP contribution in [0.25, 0.3) is 0 Å². The lowest BCUT2D eigenvalue weighted by molar-refractivity contribution is 0.301. The van der Waals surface area contributed by atoms with Crippen LogP contribution in [-0.2, 0) is 11.2 Å². The summed E-state index contributed by atoms with van der Waals surface area (Å²) in [5.74, 6) is 0.648. The molecule has 110 valence electrons. The maximum atomic E-state index is 13.7. The second-order valence-electron chi connectivity index (χ2n) is 4.18. The molecule has 0 atom stereocenters. The number of benzene rings is 1. The van der Waals surface area contributed by atoms with Gasteiger partial charge in [0.2, 0.25) is 5.88 Å². The summed E-state index contributed by atoms with van der Waals surface area (Å²) in [5, 5.41) is 0. The van der Waals surface area contributed by atoms with Gasteiger partial charge in [0.1, 0.15) is 11.6 Å². The molecule has 2 rings (SSSR count). The standard InChI is InChI=1S/C15H16FN3O2/c1-18-15(17)20-9-7-11-10-12(5-6-13(11)16)21-14-4-2-3-8-19-14/h2-6,8,10H,7,9H2,1H3,(H2,17,18). The molecule has 0 bridgehead atoms. The first kappa shape index (κ1) is 14.8. The van der Waals surface area contributed by atoms with Crippen LogP contribution in [0.15, 0.2) is 47.6 Å². The fraction of sp³-hybridized carbons (Fsp3) is 0.200. The van der Waals surface area contributed by atoms with E-state index in [1.165, 1.54) is 13.1 Å². The molecule has 1 aromatic carbocycles. The van der Waals surface area contributed by atoms with Crippen LogP contribution in [0.4, 0.5) is 4.39 Å². The van der Waals surface area contributed by atoms with E-state index in [0.29, 0.717) is 23.6 Å². The summed E-state index contributed by atoms with van der Waals surface area (Å²) < 4.78 is 24.4. The summed E-state index contributed by atoms with van der Waals surface area (Å²) in [6, 6.07) is 9.93. The minimum atomic E-state index is -0.320. The molecule has 1 heterocycles. The molecule has 0 aliphatic heterocycles. The van der Waals surface area contributed by atoms with E-state index < -0.39 is 0 Å². The van der Waals surface area contributed by atoms with Crippen LogP contribution in [0.3, 0.4) is 0 Å². The second kappa shape index (κ2) is 7.23. The van der Waals surface area contributed by atoms with Crippen molar-refractivity contribution in [3.05, 3.63) is 54.0 Å². The number of hydrogen-bond acceptors (Lipinski definition) is 4. The van der Waals surface area contributed by atoms with Crippen LogP contribution >= 0.6 is 0 Å². The SMILES string of the molecule is C/N=C(/N)OCCc1cc(Oc2ccccn2)ccc1F. The quantitative estimate of drug-likeness (QED) is 0.678. The lowest BCUT2D eigenvalue weighted by atomic mass is 10.1. The Morgan fingerprint density at radius 1 is 1.33 bits per heavy atom. The van der Waals surface area contributed by atoms with E-state index in [1.807, 2.05) is 6.07 Å². The molecule has 5 nitrogen and oxygen atoms in total. The molecule has 2 N–H and O–H groups in total. The first-order valence-corrected chi connectivity index (χ1v) is 6.41. The van der Waals surface area contributed by atoms with Crippen LogP contribution < -0.4 is 10.5 Å². The van der Waals surface area contributed by atoms with Crippen LogP contribution in [0.2, 0.25) is 0 Å². The summed E-state index contributed by atoms with van der Waals surface area (Å²) >= 11 is 0. The fourth-order valence-corrected chi connectivity index (χ4v) is 1.66. The van der Waals surface area contributed by atoms with Gasteiger partial charge in [-0.05, 0) is 29.8 Å². The van der Waals surface area contributed by atoms with Gasteiger partial charge in [-0.1, -0.05) is 6.07 Å². The number of hydrogen-bond donors (Lipinski definition) is 1. The highest BCUT2D eigenvalue weighted by atomic mass is 19.1. The monoisotopic (exact) mass is 289 g/mol. The number of pyridine rings is 1. The molecule has 2 aromatic rings. The highest BCUT2D eigenvalue weighted by Gasteiger charge is 2.06. The van der Waals surface area contributed by atoms with Gasteiger partial charge in [0, 0.05) is 25.7 Å². The summed E-state index contributed by atoms with van der Waals surface area (Å²) in [4.78, 5) is 7.71. The van der Waals surface area contributed by atoms with Crippen LogP contribution in [0.1, 0.15) is 5.56 Å². The van der Waals surface area contributed by atoms with Crippen molar-refractivity contribution in [2.75, 3.05) is 13.7 Å². The maximum Gasteiger partial charge on any atom is 0.281 e. The Morgan fingerprint density at radius 3 is 2.90 bits per heavy atom. The van der Waals surface area contributed by atoms with Gasteiger partial charge in [-0.2, -0.15) is 0 Å². The summed E-state index contributed by atoms with van der Waals surface area (Å²) in [5.41, 5.74) is 5.89. The average molecular weight is 289 g/mol. The van der Waals surface area contributed by atoms with Crippen LogP contribution in [0.5, 0.6) is 11.6 Å². The van der Waals surface area contributed by atoms with E-state index in [2.05, 4.69) is 9.98 Å². The van der Waals surface area contributed by atoms with Crippen molar-refractivity contribution in [3.63, 3.8) is 0 Å². The molecular formula is C15H16FN3O2. The Bertz CT molecular complexity index is 618. The molecule has 0 aliphatic carbocycles. The van der Waals surface area contributed by atoms with Crippen molar-refractivity contribution < 1.29 is 13.9 Å². The van der Waals surface area contributed by atoms with Crippen LogP contribution in [0, 0.1) is 5.82 Å². The molecule has 6 heteroatoms. The van der Waals surface area contributed by atoms with Crippen molar-refractivity contribution in [1.29, 1.82) is 0 Å². The number of aliphatic imine (C=N–C) groups is 1. The molecular weight excluding hydrogens is 273 g/mol. The van der Waals surface area contributed by atoms with Crippen molar-refractivity contribution in [2.45, 2.75) is 6.42 Å². The zero-order valence-electron chi connectivity index (χ0n) is 11.6. The minimum absolute atomic E-state index is 0.0799. The van der Waals surface area contributed by atoms with Gasteiger partial charge in [-0.3, -0.25) is 0 Å². The third-order valence-corrected chi connectivity index (χ3v) is 2.72. The van der Waals surface area contributed by atoms with E-state index in [4.69, 9.17) is 15.2 Å². The number of ether oxygens (including phenoxy) is 2. The van der Waals surface area contributed by atoms with E-state index in [0.717, 1.165) is 0 Å². The van der Waals surface area contributed by atoms with E-state index in [1.54, 1.807) is 30.5 Å². The maximum absolute atomic E-state index is 13.7. The zero-order valence-corrected chi connectivity index (χ0v) is 11.6. The second-order valence-corrected chi connectivity index (χ2v) is 4.18. The average Bonchev–Trinajstić information content (AvgIpc) is 2.51. The molecule has 0 amide bonds. The highest BCUT2D eigenvalue weighted by Crippen LogP contribution is 2.22. The topological polar surface area (TPSA) is 69.7 Å². The Morgan fingerprint density at radius 2 is 2.19 bits per heavy atom. The van der Waals surface area contributed by atoms with Crippen molar-refractivity contribution in [2.24, 2.45) is 10.7 Å². The van der Waals surface area contributed by atoms with Crippen molar-refractivity contribution in [1.82, 2.24) is 4.98 Å². The van der Waals surface area contributed by atoms with E-state index in [9.17, 15) is 4.39 Å². The summed E-state index contributed by atoms with van der Waals surface area (Å²) in [6.45, 7) is 0.243. The fourth-order valence-electron chi connectivity index (χ4n) is 1.66. The van der Waals surface area contributed by atoms with Gasteiger partial charge in [-0.15, -0.1) is 0 Å². The normalized spacial score (nSPS) is 11.2. The number of nitrogens with zero attached hydrogens (tertiary/aromatic N) is 2. The van der Waals surface area contributed by atoms with E-state index >= 15 is 0 Å². The predicted molar refractivity (Wildman–Crippen MR) is 77.9 cm³/mol. The Kier molecular flexibility index (Phi) is 5.09. The Labute approximate surface area is 122 Å². The molecule has 0 saturated heterocycles. The lowest BCUT2D eigenvalue weighted by Crippen LogP contribution is -2.17. The van der Waals surface area contributed by atoms with Crippen LogP contribution in [-0.4, -0.2) is 24.7 Å². The molecule has 0 saturated carbocycles. The molecule has 0 fully saturated rings.